The first-order valence-corrected chi connectivity index (χ1v) is 9.63. The Kier molecular flexibility index (Phi) is 6.80. The lowest BCUT2D eigenvalue weighted by molar-refractivity contribution is -0.139. The van der Waals surface area contributed by atoms with E-state index in [0.717, 1.165) is 17.7 Å². The first-order valence-electron chi connectivity index (χ1n) is 7.65. The minimum absolute atomic E-state index is 0.0297. The van der Waals surface area contributed by atoms with Gasteiger partial charge < -0.3 is 10.4 Å². The number of thioether (sulfide) groups is 1. The Morgan fingerprint density at radius 2 is 2.00 bits per heavy atom. The predicted octanol–water partition coefficient (Wildman–Crippen LogP) is 3.38. The number of carbonyl (C=O) groups excluding carboxylic acids is 1. The summed E-state index contributed by atoms with van der Waals surface area (Å²) in [5, 5.41) is 12.7. The second-order valence-corrected chi connectivity index (χ2v) is 7.38. The van der Waals surface area contributed by atoms with Crippen molar-refractivity contribution in [2.75, 3.05) is 19.3 Å². The molecule has 0 heterocycles. The predicted molar refractivity (Wildman–Crippen MR) is 97.4 cm³/mol. The molecule has 1 aromatic rings. The van der Waals surface area contributed by atoms with Gasteiger partial charge in [-0.3, -0.25) is 14.5 Å². The highest BCUT2D eigenvalue weighted by Gasteiger charge is 2.35. The molecule has 2 N–H and O–H groups in total. The summed E-state index contributed by atoms with van der Waals surface area (Å²) in [4.78, 5) is 26.0. The molecule has 132 valence electrons. The van der Waals surface area contributed by atoms with Crippen molar-refractivity contribution in [3.8, 4) is 0 Å². The van der Waals surface area contributed by atoms with Gasteiger partial charge in [0.2, 0.25) is 0 Å². The summed E-state index contributed by atoms with van der Waals surface area (Å²) in [6, 6.07) is 3.51. The number of likely N-dealkylation sites (N-methyl/N-ethyl adjacent to an activating group) is 1. The standard InChI is InChI=1S/C16H20Cl2N2O3S/c1-3-20(8-15(21)22)10-4-9(5-10)19-16(23)11-6-14(24-2)13(18)7-12(11)17/h6-7,9-10H,3-5,8H2,1-2H3,(H,19,23)(H,21,22). The maximum atomic E-state index is 12.4. The lowest BCUT2D eigenvalue weighted by Crippen LogP contribution is -2.54. The highest BCUT2D eigenvalue weighted by atomic mass is 35.5. The molecule has 2 rings (SSSR count). The molecule has 1 amide bonds. The van der Waals surface area contributed by atoms with Crippen LogP contribution in [0.5, 0.6) is 0 Å². The third kappa shape index (κ3) is 4.57. The van der Waals surface area contributed by atoms with Gasteiger partial charge in [-0.1, -0.05) is 30.1 Å². The number of benzene rings is 1. The summed E-state index contributed by atoms with van der Waals surface area (Å²) < 4.78 is 0. The van der Waals surface area contributed by atoms with Gasteiger partial charge in [0.05, 0.1) is 22.2 Å². The van der Waals surface area contributed by atoms with Crippen molar-refractivity contribution >= 4 is 46.8 Å². The molecule has 0 aliphatic heterocycles. The van der Waals surface area contributed by atoms with E-state index in [4.69, 9.17) is 28.3 Å². The quantitative estimate of drug-likeness (QED) is 0.698. The first-order chi connectivity index (χ1) is 11.3. The van der Waals surface area contributed by atoms with Gasteiger partial charge in [0.15, 0.2) is 0 Å². The molecule has 1 aliphatic rings. The van der Waals surface area contributed by atoms with Gasteiger partial charge in [-0.25, -0.2) is 0 Å². The van der Waals surface area contributed by atoms with E-state index in [9.17, 15) is 9.59 Å². The zero-order chi connectivity index (χ0) is 17.9. The van der Waals surface area contributed by atoms with E-state index in [1.807, 2.05) is 18.1 Å². The topological polar surface area (TPSA) is 69.6 Å². The number of rotatable bonds is 7. The van der Waals surface area contributed by atoms with E-state index in [2.05, 4.69) is 5.32 Å². The van der Waals surface area contributed by atoms with Crippen molar-refractivity contribution < 1.29 is 14.7 Å². The van der Waals surface area contributed by atoms with E-state index in [1.54, 1.807) is 12.1 Å². The summed E-state index contributed by atoms with van der Waals surface area (Å²) in [7, 11) is 0. The van der Waals surface area contributed by atoms with Gasteiger partial charge in [0, 0.05) is 17.0 Å². The van der Waals surface area contributed by atoms with Crippen LogP contribution >= 0.6 is 35.0 Å². The van der Waals surface area contributed by atoms with E-state index >= 15 is 0 Å². The fourth-order valence-electron chi connectivity index (χ4n) is 2.80. The molecule has 0 aromatic heterocycles. The van der Waals surface area contributed by atoms with Gasteiger partial charge >= 0.3 is 5.97 Å². The fraction of sp³-hybridized carbons (Fsp3) is 0.500. The Labute approximate surface area is 155 Å². The number of halogens is 2. The van der Waals surface area contributed by atoms with Crippen molar-refractivity contribution in [3.63, 3.8) is 0 Å². The Morgan fingerprint density at radius 3 is 2.54 bits per heavy atom. The third-order valence-electron chi connectivity index (χ3n) is 4.20. The second-order valence-electron chi connectivity index (χ2n) is 5.72. The van der Waals surface area contributed by atoms with Crippen LogP contribution in [0.1, 0.15) is 30.1 Å². The van der Waals surface area contributed by atoms with Gasteiger partial charge in [-0.2, -0.15) is 0 Å². The lowest BCUT2D eigenvalue weighted by Gasteiger charge is -2.42. The van der Waals surface area contributed by atoms with Crippen molar-refractivity contribution in [2.24, 2.45) is 0 Å². The molecule has 8 heteroatoms. The Balaban J connectivity index is 1.94. The molecule has 5 nitrogen and oxygen atoms in total. The largest absolute Gasteiger partial charge is 0.480 e. The molecule has 0 unspecified atom stereocenters. The van der Waals surface area contributed by atoms with Crippen LogP contribution in [0.4, 0.5) is 0 Å². The van der Waals surface area contributed by atoms with Gasteiger partial charge in [-0.05, 0) is 37.8 Å². The van der Waals surface area contributed by atoms with Crippen LogP contribution in [0.3, 0.4) is 0 Å². The number of aliphatic carboxylic acids is 1. The summed E-state index contributed by atoms with van der Waals surface area (Å²) in [6.45, 7) is 2.64. The molecule has 24 heavy (non-hydrogen) atoms. The summed E-state index contributed by atoms with van der Waals surface area (Å²) in [5.74, 6) is -1.06. The van der Waals surface area contributed by atoms with Crippen LogP contribution < -0.4 is 5.32 Å². The number of nitrogens with zero attached hydrogens (tertiary/aromatic N) is 1. The van der Waals surface area contributed by atoms with E-state index in [1.165, 1.54) is 11.8 Å². The molecular formula is C16H20Cl2N2O3S. The second kappa shape index (κ2) is 8.43. The number of amides is 1. The van der Waals surface area contributed by atoms with Crippen molar-refractivity contribution in [3.05, 3.63) is 27.7 Å². The van der Waals surface area contributed by atoms with Crippen LogP contribution in [-0.2, 0) is 4.79 Å². The zero-order valence-electron chi connectivity index (χ0n) is 13.5. The number of hydrogen-bond donors (Lipinski definition) is 2. The highest BCUT2D eigenvalue weighted by molar-refractivity contribution is 7.98. The maximum Gasteiger partial charge on any atom is 0.317 e. The molecule has 1 saturated carbocycles. The van der Waals surface area contributed by atoms with E-state index < -0.39 is 5.97 Å². The van der Waals surface area contributed by atoms with Crippen LogP contribution in [0, 0.1) is 0 Å². The van der Waals surface area contributed by atoms with Gasteiger partial charge in [-0.15, -0.1) is 11.8 Å². The van der Waals surface area contributed by atoms with Crippen LogP contribution in [0.15, 0.2) is 17.0 Å². The van der Waals surface area contributed by atoms with Crippen LogP contribution in [-0.4, -0.2) is 53.3 Å². The molecule has 0 spiro atoms. The van der Waals surface area contributed by atoms with Crippen LogP contribution in [0.2, 0.25) is 10.0 Å². The third-order valence-corrected chi connectivity index (χ3v) is 5.71. The minimum Gasteiger partial charge on any atom is -0.480 e. The monoisotopic (exact) mass is 390 g/mol. The fourth-order valence-corrected chi connectivity index (χ4v) is 3.99. The molecule has 0 saturated heterocycles. The van der Waals surface area contributed by atoms with Crippen molar-refractivity contribution in [2.45, 2.75) is 36.7 Å². The molecule has 0 atom stereocenters. The minimum atomic E-state index is -0.832. The summed E-state index contributed by atoms with van der Waals surface area (Å²) in [6.07, 6.45) is 3.37. The molecule has 0 bridgehead atoms. The average molecular weight is 391 g/mol. The number of carboxylic acids is 1. The number of carboxylic acid groups (broad SMARTS) is 1. The maximum absolute atomic E-state index is 12.4. The molecule has 1 aliphatic carbocycles. The number of hydrogen-bond acceptors (Lipinski definition) is 4. The zero-order valence-corrected chi connectivity index (χ0v) is 15.8. The average Bonchev–Trinajstić information content (AvgIpc) is 2.48. The Bertz CT molecular complexity index is 636. The number of nitrogens with one attached hydrogen (secondary N) is 1. The smallest absolute Gasteiger partial charge is 0.317 e. The highest BCUT2D eigenvalue weighted by Crippen LogP contribution is 2.32. The molecule has 0 radical (unpaired) electrons. The first kappa shape index (κ1) is 19.4. The Morgan fingerprint density at radius 1 is 1.33 bits per heavy atom. The summed E-state index contributed by atoms with van der Waals surface area (Å²) >= 11 is 13.7. The molecule has 1 fully saturated rings. The Hall–Kier alpha value is -0.950. The number of carbonyl (C=O) groups is 2. The molecular weight excluding hydrogens is 371 g/mol. The van der Waals surface area contributed by atoms with E-state index in [-0.39, 0.29) is 24.5 Å². The van der Waals surface area contributed by atoms with E-state index in [0.29, 0.717) is 22.2 Å². The summed E-state index contributed by atoms with van der Waals surface area (Å²) in [5.41, 5.74) is 0.409. The normalized spacial score (nSPS) is 19.9. The van der Waals surface area contributed by atoms with Gasteiger partial charge in [0.25, 0.3) is 5.91 Å². The lowest BCUT2D eigenvalue weighted by atomic mass is 9.85. The SMILES string of the molecule is CCN(CC(=O)O)C1CC(NC(=O)c2cc(SC)c(Cl)cc2Cl)C1. The van der Waals surface area contributed by atoms with Crippen molar-refractivity contribution in [1.82, 2.24) is 10.2 Å². The van der Waals surface area contributed by atoms with Gasteiger partial charge in [0.1, 0.15) is 0 Å². The molecule has 1 aromatic carbocycles. The van der Waals surface area contributed by atoms with Crippen molar-refractivity contribution in [1.29, 1.82) is 0 Å². The van der Waals surface area contributed by atoms with Crippen LogP contribution in [0.25, 0.3) is 0 Å².